The van der Waals surface area contributed by atoms with Crippen LogP contribution in [-0.2, 0) is 16.1 Å². The Morgan fingerprint density at radius 1 is 1.17 bits per heavy atom. The Kier molecular flexibility index (Phi) is 8.42. The number of amides is 2. The molecule has 1 saturated carbocycles. The number of anilines is 1. The zero-order valence-electron chi connectivity index (χ0n) is 19.7. The van der Waals surface area contributed by atoms with Gasteiger partial charge in [0.15, 0.2) is 17.5 Å². The van der Waals surface area contributed by atoms with Gasteiger partial charge in [0.1, 0.15) is 5.69 Å². The molecule has 2 N–H and O–H groups in total. The fraction of sp³-hybridized carbons (Fsp3) is 0.739. The molecule has 3 fully saturated rings. The van der Waals surface area contributed by atoms with Crippen LogP contribution in [0.15, 0.2) is 0 Å². The Balaban J connectivity index is 1.48. The van der Waals surface area contributed by atoms with E-state index in [0.717, 1.165) is 45.1 Å². The summed E-state index contributed by atoms with van der Waals surface area (Å²) in [6, 6.07) is 0.242. The molecule has 1 aromatic heterocycles. The number of carbonyl (C=O) groups excluding carboxylic acids is 2. The summed E-state index contributed by atoms with van der Waals surface area (Å²) in [6.07, 6.45) is 3.81. The van der Waals surface area contributed by atoms with Gasteiger partial charge < -0.3 is 10.2 Å². The van der Waals surface area contributed by atoms with Gasteiger partial charge in [-0.05, 0) is 31.7 Å². The smallest absolute Gasteiger partial charge is 0.297 e. The van der Waals surface area contributed by atoms with Crippen molar-refractivity contribution in [2.45, 2.75) is 64.0 Å². The second-order valence-electron chi connectivity index (χ2n) is 9.77. The second-order valence-corrected chi connectivity index (χ2v) is 9.77. The van der Waals surface area contributed by atoms with Gasteiger partial charge in [0.25, 0.3) is 6.43 Å². The third kappa shape index (κ3) is 6.21. The minimum absolute atomic E-state index is 0.156. The molecule has 1 aromatic rings. The number of rotatable bonds is 10. The molecule has 1 aliphatic carbocycles. The minimum atomic E-state index is -2.98. The molecule has 12 heteroatoms. The van der Waals surface area contributed by atoms with E-state index in [1.165, 1.54) is 0 Å². The zero-order chi connectivity index (χ0) is 24.9. The van der Waals surface area contributed by atoms with Crippen molar-refractivity contribution in [3.8, 4) is 0 Å². The molecule has 3 aliphatic rings. The van der Waals surface area contributed by atoms with Crippen LogP contribution >= 0.6 is 0 Å². The van der Waals surface area contributed by atoms with Crippen LogP contribution in [0, 0.1) is 17.7 Å². The molecule has 0 radical (unpaired) electrons. The average Bonchev–Trinajstić information content (AvgIpc) is 3.54. The summed E-state index contributed by atoms with van der Waals surface area (Å²) >= 11 is 0. The molecule has 0 unspecified atom stereocenters. The van der Waals surface area contributed by atoms with Crippen LogP contribution in [0.25, 0.3) is 0 Å². The number of carbonyl (C=O) groups is 2. The number of piperazine rings is 1. The van der Waals surface area contributed by atoms with E-state index >= 15 is 4.39 Å². The largest absolute Gasteiger partial charge is 0.351 e. The van der Waals surface area contributed by atoms with Gasteiger partial charge in [-0.1, -0.05) is 25.7 Å². The SMILES string of the molecule is O=CN(O)C[C@@H](CC1CCCC1)C(=O)NCc1nc(C(F)F)nc(N2CCN3CCC[C@H]3C2)c1F. The van der Waals surface area contributed by atoms with E-state index in [4.69, 9.17) is 0 Å². The van der Waals surface area contributed by atoms with Crippen molar-refractivity contribution in [3.05, 3.63) is 17.3 Å². The highest BCUT2D eigenvalue weighted by Crippen LogP contribution is 2.31. The first-order valence-corrected chi connectivity index (χ1v) is 12.4. The lowest BCUT2D eigenvalue weighted by molar-refractivity contribution is -0.155. The van der Waals surface area contributed by atoms with Crippen molar-refractivity contribution in [1.82, 2.24) is 25.2 Å². The number of hydrogen-bond acceptors (Lipinski definition) is 7. The first-order valence-electron chi connectivity index (χ1n) is 12.4. The summed E-state index contributed by atoms with van der Waals surface area (Å²) < 4.78 is 42.5. The lowest BCUT2D eigenvalue weighted by atomic mass is 9.92. The highest BCUT2D eigenvalue weighted by molar-refractivity contribution is 5.79. The van der Waals surface area contributed by atoms with Crippen molar-refractivity contribution in [3.63, 3.8) is 0 Å². The van der Waals surface area contributed by atoms with E-state index in [2.05, 4.69) is 20.2 Å². The number of aromatic nitrogens is 2. The van der Waals surface area contributed by atoms with Gasteiger partial charge in [0.05, 0.1) is 19.0 Å². The molecule has 2 atom stereocenters. The van der Waals surface area contributed by atoms with Gasteiger partial charge in [0, 0.05) is 25.7 Å². The molecule has 0 aromatic carbocycles. The number of hydrogen-bond donors (Lipinski definition) is 2. The Bertz CT molecular complexity index is 901. The summed E-state index contributed by atoms with van der Waals surface area (Å²) in [7, 11) is 0. The van der Waals surface area contributed by atoms with E-state index in [0.29, 0.717) is 37.0 Å². The van der Waals surface area contributed by atoms with Crippen LogP contribution in [0.3, 0.4) is 0 Å². The standard InChI is InChI=1S/C23H33F3N6O3/c24-19-18(11-27-23(34)16(12-32(35)14-33)10-15-4-1-2-5-15)28-21(20(25)26)29-22(19)31-9-8-30-7-3-6-17(30)13-31/h14-17,20,35H,1-13H2,(H,27,34)/t16-,17+/m1/s1. The summed E-state index contributed by atoms with van der Waals surface area (Å²) in [5.41, 5.74) is -0.302. The van der Waals surface area contributed by atoms with Crippen LogP contribution in [-0.4, -0.2) is 76.2 Å². The van der Waals surface area contributed by atoms with E-state index in [1.54, 1.807) is 4.90 Å². The molecule has 4 rings (SSSR count). The van der Waals surface area contributed by atoms with Gasteiger partial charge in [-0.15, -0.1) is 0 Å². The normalized spacial score (nSPS) is 21.9. The van der Waals surface area contributed by atoms with Crippen molar-refractivity contribution in [2.24, 2.45) is 11.8 Å². The van der Waals surface area contributed by atoms with Gasteiger partial charge in [0.2, 0.25) is 12.3 Å². The van der Waals surface area contributed by atoms with E-state index in [-0.39, 0.29) is 30.5 Å². The Labute approximate surface area is 202 Å². The monoisotopic (exact) mass is 498 g/mol. The molecule has 3 heterocycles. The van der Waals surface area contributed by atoms with Crippen LogP contribution in [0.4, 0.5) is 19.0 Å². The average molecular weight is 499 g/mol. The third-order valence-electron chi connectivity index (χ3n) is 7.42. The van der Waals surface area contributed by atoms with Gasteiger partial charge >= 0.3 is 0 Å². The predicted octanol–water partition coefficient (Wildman–Crippen LogP) is 2.50. The van der Waals surface area contributed by atoms with Crippen LogP contribution in [0.2, 0.25) is 0 Å². The molecule has 194 valence electrons. The molecular formula is C23H33F3N6O3. The molecule has 2 aliphatic heterocycles. The molecular weight excluding hydrogens is 465 g/mol. The summed E-state index contributed by atoms with van der Waals surface area (Å²) in [4.78, 5) is 35.3. The van der Waals surface area contributed by atoms with E-state index < -0.39 is 36.4 Å². The summed E-state index contributed by atoms with van der Waals surface area (Å²) in [5, 5.41) is 12.6. The maximum Gasteiger partial charge on any atom is 0.297 e. The number of fused-ring (bicyclic) bond motifs is 1. The Morgan fingerprint density at radius 2 is 1.94 bits per heavy atom. The molecule has 2 amide bonds. The maximum absolute atomic E-state index is 15.4. The fourth-order valence-electron chi connectivity index (χ4n) is 5.60. The highest BCUT2D eigenvalue weighted by Gasteiger charge is 2.34. The molecule has 0 spiro atoms. The van der Waals surface area contributed by atoms with Crippen LogP contribution in [0.1, 0.15) is 62.9 Å². The van der Waals surface area contributed by atoms with Gasteiger partial charge in [-0.25, -0.2) is 28.2 Å². The van der Waals surface area contributed by atoms with E-state index in [9.17, 15) is 23.6 Å². The highest BCUT2D eigenvalue weighted by atomic mass is 19.3. The lowest BCUT2D eigenvalue weighted by Gasteiger charge is -2.38. The first-order chi connectivity index (χ1) is 16.9. The predicted molar refractivity (Wildman–Crippen MR) is 120 cm³/mol. The molecule has 9 nitrogen and oxygen atoms in total. The van der Waals surface area contributed by atoms with E-state index in [1.807, 2.05) is 0 Å². The quantitative estimate of drug-likeness (QED) is 0.290. The van der Waals surface area contributed by atoms with Crippen molar-refractivity contribution in [1.29, 1.82) is 0 Å². The number of hydroxylamine groups is 2. The number of nitrogens with zero attached hydrogens (tertiary/aromatic N) is 5. The van der Waals surface area contributed by atoms with Gasteiger partial charge in [-0.3, -0.25) is 19.7 Å². The number of nitrogens with one attached hydrogen (secondary N) is 1. The van der Waals surface area contributed by atoms with Crippen molar-refractivity contribution < 1.29 is 28.0 Å². The first kappa shape index (κ1) is 25.6. The van der Waals surface area contributed by atoms with Gasteiger partial charge in [-0.2, -0.15) is 0 Å². The van der Waals surface area contributed by atoms with Crippen LogP contribution < -0.4 is 10.2 Å². The summed E-state index contributed by atoms with van der Waals surface area (Å²) in [5.74, 6) is -2.64. The Morgan fingerprint density at radius 3 is 2.66 bits per heavy atom. The van der Waals surface area contributed by atoms with Crippen molar-refractivity contribution in [2.75, 3.05) is 37.6 Å². The second kappa shape index (κ2) is 11.5. The number of halogens is 3. The molecule has 35 heavy (non-hydrogen) atoms. The number of alkyl halides is 2. The van der Waals surface area contributed by atoms with Crippen LogP contribution in [0.5, 0.6) is 0 Å². The minimum Gasteiger partial charge on any atom is -0.351 e. The molecule has 0 bridgehead atoms. The zero-order valence-corrected chi connectivity index (χ0v) is 19.7. The third-order valence-corrected chi connectivity index (χ3v) is 7.42. The maximum atomic E-state index is 15.4. The topological polar surface area (TPSA) is 102 Å². The summed E-state index contributed by atoms with van der Waals surface area (Å²) in [6.45, 7) is 2.09. The Hall–Kier alpha value is -2.47. The van der Waals surface area contributed by atoms with Crippen molar-refractivity contribution >= 4 is 18.1 Å². The lowest BCUT2D eigenvalue weighted by Crippen LogP contribution is -2.50. The fourth-order valence-corrected chi connectivity index (χ4v) is 5.60. The molecule has 2 saturated heterocycles.